The van der Waals surface area contributed by atoms with Gasteiger partial charge in [0.25, 0.3) is 0 Å². The van der Waals surface area contributed by atoms with Gasteiger partial charge in [0.1, 0.15) is 6.10 Å². The molecule has 0 saturated heterocycles. The zero-order chi connectivity index (χ0) is 16.0. The lowest BCUT2D eigenvalue weighted by atomic mass is 9.53. The zero-order valence-electron chi connectivity index (χ0n) is 13.4. The van der Waals surface area contributed by atoms with Crippen molar-refractivity contribution in [2.24, 2.45) is 23.7 Å². The number of ketones is 1. The van der Waals surface area contributed by atoms with Crippen LogP contribution >= 0.6 is 0 Å². The monoisotopic (exact) mass is 315 g/mol. The molecule has 2 unspecified atom stereocenters. The van der Waals surface area contributed by atoms with E-state index < -0.39 is 6.10 Å². The maximum atomic E-state index is 12.4. The first-order valence-electron chi connectivity index (χ1n) is 8.91. The molecule has 4 heteroatoms. The van der Waals surface area contributed by atoms with Gasteiger partial charge in [0.05, 0.1) is 0 Å². The highest BCUT2D eigenvalue weighted by Crippen LogP contribution is 2.55. The van der Waals surface area contributed by atoms with Crippen molar-refractivity contribution in [2.75, 3.05) is 0 Å². The third-order valence-corrected chi connectivity index (χ3v) is 6.23. The summed E-state index contributed by atoms with van der Waals surface area (Å²) in [6.07, 6.45) is 13.5. The minimum Gasteiger partial charge on any atom is -0.381 e. The molecule has 2 N–H and O–H groups in total. The number of Topliss-reactive ketones (excluding diaryl/α,β-unsaturated/α-hetero) is 1. The first-order chi connectivity index (χ1) is 11.0. The molecular formula is C19H25NO3. The van der Waals surface area contributed by atoms with Gasteiger partial charge in [-0.15, -0.1) is 0 Å². The Kier molecular flexibility index (Phi) is 3.67. The summed E-state index contributed by atoms with van der Waals surface area (Å²) in [5, 5.41) is 12.7. The van der Waals surface area contributed by atoms with Crippen LogP contribution in [0.4, 0.5) is 0 Å². The molecule has 0 aromatic carbocycles. The predicted molar refractivity (Wildman–Crippen MR) is 86.4 cm³/mol. The van der Waals surface area contributed by atoms with Gasteiger partial charge in [0.15, 0.2) is 5.78 Å². The molecule has 0 aromatic heterocycles. The summed E-state index contributed by atoms with van der Waals surface area (Å²) in [4.78, 5) is 23.9. The summed E-state index contributed by atoms with van der Waals surface area (Å²) in [6, 6.07) is 0. The maximum absolute atomic E-state index is 12.4. The Labute approximate surface area is 137 Å². The summed E-state index contributed by atoms with van der Waals surface area (Å²) in [7, 11) is 0. The SMILES string of the molecule is O=C(C=CC1C=CC(O)C(=O)C1)NC12CC3CC(CC(C3)C1)C2. The molecule has 0 aromatic rings. The minimum atomic E-state index is -0.972. The molecule has 4 fully saturated rings. The topological polar surface area (TPSA) is 66.4 Å². The van der Waals surface area contributed by atoms with Crippen LogP contribution in [0.15, 0.2) is 24.3 Å². The van der Waals surface area contributed by atoms with Crippen LogP contribution < -0.4 is 5.32 Å². The first kappa shape index (κ1) is 15.1. The Morgan fingerprint density at radius 2 is 1.74 bits per heavy atom. The van der Waals surface area contributed by atoms with Crippen molar-refractivity contribution < 1.29 is 14.7 Å². The Bertz CT molecular complexity index is 542. The smallest absolute Gasteiger partial charge is 0.244 e. The van der Waals surface area contributed by atoms with Crippen molar-refractivity contribution in [3.63, 3.8) is 0 Å². The number of amides is 1. The van der Waals surface area contributed by atoms with Crippen molar-refractivity contribution in [3.05, 3.63) is 24.3 Å². The second-order valence-corrected chi connectivity index (χ2v) is 8.21. The Hall–Kier alpha value is -1.42. The normalized spacial score (nSPS) is 44.9. The largest absolute Gasteiger partial charge is 0.381 e. The van der Waals surface area contributed by atoms with Crippen LogP contribution in [0.3, 0.4) is 0 Å². The van der Waals surface area contributed by atoms with Gasteiger partial charge in [-0.1, -0.05) is 18.2 Å². The second kappa shape index (κ2) is 5.59. The van der Waals surface area contributed by atoms with Crippen LogP contribution in [0.25, 0.3) is 0 Å². The third-order valence-electron chi connectivity index (χ3n) is 6.23. The van der Waals surface area contributed by atoms with Crippen LogP contribution in [0.1, 0.15) is 44.9 Å². The first-order valence-corrected chi connectivity index (χ1v) is 8.91. The molecule has 0 aliphatic heterocycles. The van der Waals surface area contributed by atoms with E-state index in [-0.39, 0.29) is 29.6 Å². The fraction of sp³-hybridized carbons (Fsp3) is 0.684. The zero-order valence-corrected chi connectivity index (χ0v) is 13.4. The number of nitrogens with one attached hydrogen (secondary N) is 1. The Morgan fingerprint density at radius 1 is 1.13 bits per heavy atom. The number of hydrogen-bond donors (Lipinski definition) is 2. The molecule has 1 amide bonds. The summed E-state index contributed by atoms with van der Waals surface area (Å²) < 4.78 is 0. The lowest BCUT2D eigenvalue weighted by molar-refractivity contribution is -0.126. The lowest BCUT2D eigenvalue weighted by Crippen LogP contribution is -2.59. The molecule has 4 bridgehead atoms. The van der Waals surface area contributed by atoms with Crippen LogP contribution in [-0.2, 0) is 9.59 Å². The molecule has 124 valence electrons. The van der Waals surface area contributed by atoms with E-state index in [4.69, 9.17) is 0 Å². The minimum absolute atomic E-state index is 0.0288. The van der Waals surface area contributed by atoms with E-state index in [1.807, 2.05) is 0 Å². The summed E-state index contributed by atoms with van der Waals surface area (Å²) in [5.74, 6) is 2.15. The highest BCUT2D eigenvalue weighted by Gasteiger charge is 2.51. The Morgan fingerprint density at radius 3 is 2.30 bits per heavy atom. The van der Waals surface area contributed by atoms with E-state index in [1.54, 1.807) is 18.2 Å². The van der Waals surface area contributed by atoms with Crippen molar-refractivity contribution in [2.45, 2.75) is 56.6 Å². The standard InChI is InChI=1S/C19H25NO3/c21-16-3-1-12(8-17(16)22)2-4-18(23)20-19-9-13-5-14(10-19)7-15(6-13)11-19/h1-4,12-16,21H,5-11H2,(H,20,23). The van der Waals surface area contributed by atoms with E-state index in [0.29, 0.717) is 0 Å². The van der Waals surface area contributed by atoms with Gasteiger partial charge < -0.3 is 10.4 Å². The van der Waals surface area contributed by atoms with E-state index >= 15 is 0 Å². The highest BCUT2D eigenvalue weighted by molar-refractivity contribution is 5.89. The fourth-order valence-electron chi connectivity index (χ4n) is 5.69. The van der Waals surface area contributed by atoms with Crippen molar-refractivity contribution in [1.82, 2.24) is 5.32 Å². The van der Waals surface area contributed by atoms with Crippen LogP contribution in [0.5, 0.6) is 0 Å². The second-order valence-electron chi connectivity index (χ2n) is 8.21. The molecule has 0 radical (unpaired) electrons. The summed E-state index contributed by atoms with van der Waals surface area (Å²) in [6.45, 7) is 0. The van der Waals surface area contributed by atoms with Gasteiger partial charge in [-0.2, -0.15) is 0 Å². The van der Waals surface area contributed by atoms with Gasteiger partial charge in [-0.05, 0) is 62.4 Å². The summed E-state index contributed by atoms with van der Waals surface area (Å²) >= 11 is 0. The average Bonchev–Trinajstić information content (AvgIpc) is 2.46. The van der Waals surface area contributed by atoms with Crippen molar-refractivity contribution >= 4 is 11.7 Å². The number of allylic oxidation sites excluding steroid dienone is 2. The number of aliphatic hydroxyl groups excluding tert-OH is 1. The molecule has 5 rings (SSSR count). The molecule has 4 saturated carbocycles. The van der Waals surface area contributed by atoms with E-state index in [9.17, 15) is 14.7 Å². The van der Waals surface area contributed by atoms with Gasteiger partial charge in [-0.3, -0.25) is 9.59 Å². The molecule has 5 aliphatic rings. The Balaban J connectivity index is 1.38. The fourth-order valence-corrected chi connectivity index (χ4v) is 5.69. The van der Waals surface area contributed by atoms with Gasteiger partial charge in [0, 0.05) is 17.9 Å². The predicted octanol–water partition coefficient (Wildman–Crippen LogP) is 2.13. The third kappa shape index (κ3) is 3.01. The van der Waals surface area contributed by atoms with E-state index in [1.165, 1.54) is 25.3 Å². The summed E-state index contributed by atoms with van der Waals surface area (Å²) in [5.41, 5.74) is 0.0323. The maximum Gasteiger partial charge on any atom is 0.244 e. The number of hydrogen-bond acceptors (Lipinski definition) is 3. The average molecular weight is 315 g/mol. The number of carbonyl (C=O) groups is 2. The molecule has 0 spiro atoms. The molecule has 23 heavy (non-hydrogen) atoms. The van der Waals surface area contributed by atoms with Crippen molar-refractivity contribution in [1.29, 1.82) is 0 Å². The van der Waals surface area contributed by atoms with Crippen LogP contribution in [0, 0.1) is 23.7 Å². The number of carbonyl (C=O) groups excluding carboxylic acids is 2. The number of aliphatic hydroxyl groups is 1. The molecule has 5 aliphatic carbocycles. The van der Waals surface area contributed by atoms with E-state index in [0.717, 1.165) is 37.0 Å². The molecule has 0 heterocycles. The number of rotatable bonds is 3. The van der Waals surface area contributed by atoms with Crippen LogP contribution in [-0.4, -0.2) is 28.4 Å². The quantitative estimate of drug-likeness (QED) is 0.619. The van der Waals surface area contributed by atoms with Gasteiger partial charge >= 0.3 is 0 Å². The van der Waals surface area contributed by atoms with Crippen LogP contribution in [0.2, 0.25) is 0 Å². The van der Waals surface area contributed by atoms with E-state index in [2.05, 4.69) is 5.32 Å². The van der Waals surface area contributed by atoms with Gasteiger partial charge in [-0.25, -0.2) is 0 Å². The lowest BCUT2D eigenvalue weighted by Gasteiger charge is -2.56. The van der Waals surface area contributed by atoms with Crippen molar-refractivity contribution in [3.8, 4) is 0 Å². The molecule has 4 nitrogen and oxygen atoms in total. The molecule has 2 atom stereocenters. The van der Waals surface area contributed by atoms with Gasteiger partial charge in [0.2, 0.25) is 5.91 Å². The molecular weight excluding hydrogens is 290 g/mol. The highest BCUT2D eigenvalue weighted by atomic mass is 16.3.